The monoisotopic (exact) mass is 282 g/mol. The molecular formula is C17H34N2O. The lowest BCUT2D eigenvalue weighted by molar-refractivity contribution is 0.130. The highest BCUT2D eigenvalue weighted by molar-refractivity contribution is 4.87. The molecule has 2 rings (SSSR count). The van der Waals surface area contributed by atoms with Crippen LogP contribution in [0.2, 0.25) is 0 Å². The van der Waals surface area contributed by atoms with Crippen molar-refractivity contribution in [1.29, 1.82) is 0 Å². The first-order valence-corrected chi connectivity index (χ1v) is 8.75. The largest absolute Gasteiger partial charge is 0.379 e. The van der Waals surface area contributed by atoms with Crippen molar-refractivity contribution in [2.45, 2.75) is 65.0 Å². The molecule has 2 unspecified atom stereocenters. The highest BCUT2D eigenvalue weighted by atomic mass is 16.5. The van der Waals surface area contributed by atoms with Crippen molar-refractivity contribution in [2.75, 3.05) is 32.8 Å². The van der Waals surface area contributed by atoms with Gasteiger partial charge in [-0.25, -0.2) is 0 Å². The lowest BCUT2D eigenvalue weighted by atomic mass is 10.0. The second-order valence-electron chi connectivity index (χ2n) is 7.14. The van der Waals surface area contributed by atoms with Gasteiger partial charge in [0.05, 0.1) is 13.2 Å². The molecule has 1 saturated heterocycles. The molecule has 1 saturated carbocycles. The minimum Gasteiger partial charge on any atom is -0.379 e. The molecule has 3 nitrogen and oxygen atoms in total. The summed E-state index contributed by atoms with van der Waals surface area (Å²) >= 11 is 0. The van der Waals surface area contributed by atoms with Crippen molar-refractivity contribution in [3.05, 3.63) is 0 Å². The third-order valence-electron chi connectivity index (χ3n) is 4.76. The van der Waals surface area contributed by atoms with Crippen LogP contribution in [-0.4, -0.2) is 49.8 Å². The molecule has 1 N–H and O–H groups in total. The van der Waals surface area contributed by atoms with E-state index in [2.05, 4.69) is 31.0 Å². The van der Waals surface area contributed by atoms with Gasteiger partial charge in [0.2, 0.25) is 0 Å². The van der Waals surface area contributed by atoms with Crippen LogP contribution in [0.5, 0.6) is 0 Å². The Morgan fingerprint density at radius 2 is 1.95 bits per heavy atom. The summed E-state index contributed by atoms with van der Waals surface area (Å²) in [5.74, 6) is 1.45. The van der Waals surface area contributed by atoms with Crippen LogP contribution in [0, 0.1) is 11.8 Å². The minimum atomic E-state index is 0.575. The van der Waals surface area contributed by atoms with Gasteiger partial charge in [0.15, 0.2) is 0 Å². The van der Waals surface area contributed by atoms with Crippen LogP contribution in [0.15, 0.2) is 0 Å². The first-order chi connectivity index (χ1) is 9.70. The van der Waals surface area contributed by atoms with E-state index in [1.54, 1.807) is 0 Å². The standard InChI is InChI=1S/C17H34N2O/c1-4-9-18-17-13-20-12-15(17)11-19(10-14(2)3)16-7-5-6-8-16/h14-18H,4-13H2,1-3H3. The summed E-state index contributed by atoms with van der Waals surface area (Å²) < 4.78 is 5.75. The number of nitrogens with one attached hydrogen (secondary N) is 1. The van der Waals surface area contributed by atoms with E-state index < -0.39 is 0 Å². The summed E-state index contributed by atoms with van der Waals surface area (Å²) in [6, 6.07) is 1.41. The van der Waals surface area contributed by atoms with Crippen LogP contribution in [0.3, 0.4) is 0 Å². The first-order valence-electron chi connectivity index (χ1n) is 8.75. The van der Waals surface area contributed by atoms with E-state index in [0.717, 1.165) is 31.7 Å². The predicted molar refractivity (Wildman–Crippen MR) is 85.1 cm³/mol. The third kappa shape index (κ3) is 4.71. The van der Waals surface area contributed by atoms with Gasteiger partial charge in [-0.3, -0.25) is 4.90 Å². The van der Waals surface area contributed by atoms with Gasteiger partial charge < -0.3 is 10.1 Å². The third-order valence-corrected chi connectivity index (χ3v) is 4.76. The second-order valence-corrected chi connectivity index (χ2v) is 7.14. The fourth-order valence-electron chi connectivity index (χ4n) is 3.75. The first kappa shape index (κ1) is 16.3. The second kappa shape index (κ2) is 8.35. The van der Waals surface area contributed by atoms with Gasteiger partial charge in [-0.1, -0.05) is 33.6 Å². The smallest absolute Gasteiger partial charge is 0.0623 e. The summed E-state index contributed by atoms with van der Waals surface area (Å²) in [6.45, 7) is 12.4. The summed E-state index contributed by atoms with van der Waals surface area (Å²) in [5.41, 5.74) is 0. The molecule has 0 amide bonds. The molecule has 2 atom stereocenters. The maximum Gasteiger partial charge on any atom is 0.0623 e. The molecule has 1 aliphatic heterocycles. The van der Waals surface area contributed by atoms with Gasteiger partial charge in [-0.05, 0) is 31.7 Å². The van der Waals surface area contributed by atoms with Crippen LogP contribution >= 0.6 is 0 Å². The Bertz CT molecular complexity index is 264. The number of ether oxygens (including phenoxy) is 1. The molecule has 2 fully saturated rings. The molecule has 1 aliphatic carbocycles. The van der Waals surface area contributed by atoms with Gasteiger partial charge in [-0.2, -0.15) is 0 Å². The molecule has 118 valence electrons. The zero-order valence-electron chi connectivity index (χ0n) is 13.7. The summed E-state index contributed by atoms with van der Waals surface area (Å²) in [5, 5.41) is 3.68. The average Bonchev–Trinajstić information content (AvgIpc) is 3.06. The maximum absolute atomic E-state index is 5.75. The van der Waals surface area contributed by atoms with Crippen LogP contribution in [0.4, 0.5) is 0 Å². The van der Waals surface area contributed by atoms with E-state index in [-0.39, 0.29) is 0 Å². The average molecular weight is 282 g/mol. The van der Waals surface area contributed by atoms with Crippen molar-refractivity contribution < 1.29 is 4.74 Å². The molecule has 0 bridgehead atoms. The van der Waals surface area contributed by atoms with Crippen molar-refractivity contribution >= 4 is 0 Å². The van der Waals surface area contributed by atoms with Crippen LogP contribution in [0.1, 0.15) is 52.9 Å². The highest BCUT2D eigenvalue weighted by Crippen LogP contribution is 2.26. The highest BCUT2D eigenvalue weighted by Gasteiger charge is 2.32. The molecule has 0 aromatic rings. The predicted octanol–water partition coefficient (Wildman–Crippen LogP) is 2.90. The molecule has 0 aromatic heterocycles. The number of nitrogens with zero attached hydrogens (tertiary/aromatic N) is 1. The van der Waals surface area contributed by atoms with Gasteiger partial charge in [0.1, 0.15) is 0 Å². The molecule has 0 aromatic carbocycles. The van der Waals surface area contributed by atoms with Crippen molar-refractivity contribution in [2.24, 2.45) is 11.8 Å². The Hall–Kier alpha value is -0.120. The van der Waals surface area contributed by atoms with Gasteiger partial charge >= 0.3 is 0 Å². The lowest BCUT2D eigenvalue weighted by Gasteiger charge is -2.34. The quantitative estimate of drug-likeness (QED) is 0.741. The zero-order valence-corrected chi connectivity index (χ0v) is 13.7. The fourth-order valence-corrected chi connectivity index (χ4v) is 3.75. The Morgan fingerprint density at radius 1 is 1.20 bits per heavy atom. The number of hydrogen-bond acceptors (Lipinski definition) is 3. The fraction of sp³-hybridized carbons (Fsp3) is 1.00. The van der Waals surface area contributed by atoms with E-state index in [1.165, 1.54) is 45.2 Å². The van der Waals surface area contributed by atoms with Gasteiger partial charge in [-0.15, -0.1) is 0 Å². The Labute approximate surface area is 125 Å². The molecule has 0 radical (unpaired) electrons. The molecule has 1 heterocycles. The minimum absolute atomic E-state index is 0.575. The Balaban J connectivity index is 1.88. The van der Waals surface area contributed by atoms with E-state index in [1.807, 2.05) is 0 Å². The molecular weight excluding hydrogens is 248 g/mol. The molecule has 20 heavy (non-hydrogen) atoms. The molecule has 3 heteroatoms. The van der Waals surface area contributed by atoms with Crippen LogP contribution in [0.25, 0.3) is 0 Å². The van der Waals surface area contributed by atoms with Crippen molar-refractivity contribution in [1.82, 2.24) is 10.2 Å². The number of hydrogen-bond donors (Lipinski definition) is 1. The van der Waals surface area contributed by atoms with Crippen molar-refractivity contribution in [3.63, 3.8) is 0 Å². The Kier molecular flexibility index (Phi) is 6.79. The van der Waals surface area contributed by atoms with E-state index >= 15 is 0 Å². The number of rotatable bonds is 8. The summed E-state index contributed by atoms with van der Waals surface area (Å²) in [7, 11) is 0. The van der Waals surface area contributed by atoms with E-state index in [4.69, 9.17) is 4.74 Å². The van der Waals surface area contributed by atoms with Crippen LogP contribution in [-0.2, 0) is 4.74 Å². The topological polar surface area (TPSA) is 24.5 Å². The van der Waals surface area contributed by atoms with E-state index in [0.29, 0.717) is 12.0 Å². The summed E-state index contributed by atoms with van der Waals surface area (Å²) in [4.78, 5) is 2.78. The SMILES string of the molecule is CCCNC1COCC1CN(CC(C)C)C1CCCC1. The lowest BCUT2D eigenvalue weighted by Crippen LogP contribution is -2.45. The molecule has 0 spiro atoms. The summed E-state index contributed by atoms with van der Waals surface area (Å²) in [6.07, 6.45) is 6.89. The zero-order chi connectivity index (χ0) is 14.4. The Morgan fingerprint density at radius 3 is 2.60 bits per heavy atom. The maximum atomic E-state index is 5.75. The van der Waals surface area contributed by atoms with Crippen LogP contribution < -0.4 is 5.32 Å². The van der Waals surface area contributed by atoms with Gasteiger partial charge in [0, 0.05) is 31.1 Å². The van der Waals surface area contributed by atoms with Gasteiger partial charge in [0.25, 0.3) is 0 Å². The normalized spacial score (nSPS) is 28.1. The molecule has 2 aliphatic rings. The van der Waals surface area contributed by atoms with E-state index in [9.17, 15) is 0 Å². The van der Waals surface area contributed by atoms with Crippen molar-refractivity contribution in [3.8, 4) is 0 Å².